The minimum absolute atomic E-state index is 0.0227. The molecule has 2 nitrogen and oxygen atoms in total. The summed E-state index contributed by atoms with van der Waals surface area (Å²) in [5.41, 5.74) is 0.271. The summed E-state index contributed by atoms with van der Waals surface area (Å²) in [5, 5.41) is 3.78. The normalized spacial score (nSPS) is 13.2. The molecule has 0 fully saturated rings. The standard InChI is InChI=1S/C14H18Br2FNO/c1-14(2,3)11(7-8-15)18-13(19)9-5-4-6-10(17)12(9)16/h4-6,11H,7-8H2,1-3H3,(H,18,19). The lowest BCUT2D eigenvalue weighted by Crippen LogP contribution is -2.44. The number of rotatable bonds is 4. The monoisotopic (exact) mass is 393 g/mol. The van der Waals surface area contributed by atoms with Gasteiger partial charge in [0.05, 0.1) is 10.0 Å². The highest BCUT2D eigenvalue weighted by molar-refractivity contribution is 9.10. The van der Waals surface area contributed by atoms with Crippen molar-refractivity contribution < 1.29 is 9.18 Å². The number of nitrogens with one attached hydrogen (secondary N) is 1. The van der Waals surface area contributed by atoms with E-state index in [9.17, 15) is 9.18 Å². The van der Waals surface area contributed by atoms with Crippen LogP contribution in [-0.4, -0.2) is 17.3 Å². The van der Waals surface area contributed by atoms with E-state index in [2.05, 4.69) is 57.9 Å². The SMILES string of the molecule is CC(C)(C)C(CCBr)NC(=O)c1cccc(F)c1Br. The van der Waals surface area contributed by atoms with Gasteiger partial charge in [-0.2, -0.15) is 0 Å². The summed E-state index contributed by atoms with van der Waals surface area (Å²) in [6.45, 7) is 6.21. The van der Waals surface area contributed by atoms with Crippen LogP contribution >= 0.6 is 31.9 Å². The largest absolute Gasteiger partial charge is 0.349 e. The third kappa shape index (κ3) is 4.56. The van der Waals surface area contributed by atoms with E-state index in [1.807, 2.05) is 0 Å². The van der Waals surface area contributed by atoms with Crippen molar-refractivity contribution >= 4 is 37.8 Å². The molecule has 0 bridgehead atoms. The quantitative estimate of drug-likeness (QED) is 0.747. The van der Waals surface area contributed by atoms with Crippen LogP contribution in [0.5, 0.6) is 0 Å². The molecule has 1 N–H and O–H groups in total. The van der Waals surface area contributed by atoms with Crippen molar-refractivity contribution in [2.45, 2.75) is 33.2 Å². The van der Waals surface area contributed by atoms with Crippen molar-refractivity contribution in [1.29, 1.82) is 0 Å². The van der Waals surface area contributed by atoms with E-state index in [1.165, 1.54) is 12.1 Å². The average Bonchev–Trinajstić information content (AvgIpc) is 2.30. The Balaban J connectivity index is 2.91. The highest BCUT2D eigenvalue weighted by Gasteiger charge is 2.26. The van der Waals surface area contributed by atoms with Crippen molar-refractivity contribution in [3.8, 4) is 0 Å². The first-order valence-corrected chi connectivity index (χ1v) is 7.99. The van der Waals surface area contributed by atoms with Gasteiger partial charge in [0, 0.05) is 11.4 Å². The maximum absolute atomic E-state index is 13.4. The van der Waals surface area contributed by atoms with Crippen molar-refractivity contribution in [3.63, 3.8) is 0 Å². The predicted octanol–water partition coefficient (Wildman–Crippen LogP) is 4.52. The van der Waals surface area contributed by atoms with Crippen molar-refractivity contribution in [1.82, 2.24) is 5.32 Å². The topological polar surface area (TPSA) is 29.1 Å². The van der Waals surface area contributed by atoms with Crippen molar-refractivity contribution in [2.75, 3.05) is 5.33 Å². The number of carbonyl (C=O) groups is 1. The van der Waals surface area contributed by atoms with E-state index >= 15 is 0 Å². The molecule has 1 atom stereocenters. The molecule has 0 aromatic heterocycles. The molecule has 0 saturated carbocycles. The number of halogens is 3. The Kier molecular flexibility index (Phi) is 5.99. The molecule has 0 heterocycles. The van der Waals surface area contributed by atoms with Gasteiger partial charge in [0.25, 0.3) is 5.91 Å². The highest BCUT2D eigenvalue weighted by Crippen LogP contribution is 2.25. The summed E-state index contributed by atoms with van der Waals surface area (Å²) >= 11 is 6.51. The number of hydrogen-bond acceptors (Lipinski definition) is 1. The zero-order valence-electron chi connectivity index (χ0n) is 11.3. The third-order valence-corrected chi connectivity index (χ3v) is 4.21. The summed E-state index contributed by atoms with van der Waals surface area (Å²) in [6.07, 6.45) is 0.822. The van der Waals surface area contributed by atoms with Gasteiger partial charge in [-0.3, -0.25) is 4.79 Å². The van der Waals surface area contributed by atoms with Crippen LogP contribution in [0.1, 0.15) is 37.6 Å². The number of amides is 1. The zero-order valence-corrected chi connectivity index (χ0v) is 14.4. The van der Waals surface area contributed by atoms with Gasteiger partial charge in [0.2, 0.25) is 0 Å². The zero-order chi connectivity index (χ0) is 14.6. The lowest BCUT2D eigenvalue weighted by Gasteiger charge is -2.31. The molecule has 106 valence electrons. The minimum Gasteiger partial charge on any atom is -0.349 e. The smallest absolute Gasteiger partial charge is 0.252 e. The van der Waals surface area contributed by atoms with Gasteiger partial charge in [-0.25, -0.2) is 4.39 Å². The lowest BCUT2D eigenvalue weighted by atomic mass is 9.85. The molecular weight excluding hydrogens is 377 g/mol. The molecule has 0 aliphatic heterocycles. The van der Waals surface area contributed by atoms with Crippen LogP contribution < -0.4 is 5.32 Å². The van der Waals surface area contributed by atoms with Crippen LogP contribution in [0.25, 0.3) is 0 Å². The van der Waals surface area contributed by atoms with Gasteiger partial charge in [0.15, 0.2) is 0 Å². The first kappa shape index (κ1) is 16.6. The van der Waals surface area contributed by atoms with Crippen LogP contribution in [0.15, 0.2) is 22.7 Å². The number of alkyl halides is 1. The number of hydrogen-bond donors (Lipinski definition) is 1. The fourth-order valence-corrected chi connectivity index (χ4v) is 2.65. The van der Waals surface area contributed by atoms with Crippen LogP contribution in [0, 0.1) is 11.2 Å². The predicted molar refractivity (Wildman–Crippen MR) is 83.2 cm³/mol. The van der Waals surface area contributed by atoms with E-state index < -0.39 is 5.82 Å². The van der Waals surface area contributed by atoms with Gasteiger partial charge in [-0.1, -0.05) is 42.8 Å². The van der Waals surface area contributed by atoms with Gasteiger partial charge < -0.3 is 5.32 Å². The molecule has 1 rings (SSSR count). The van der Waals surface area contributed by atoms with Crippen LogP contribution in [0.2, 0.25) is 0 Å². The average molecular weight is 395 g/mol. The van der Waals surface area contributed by atoms with E-state index in [-0.39, 0.29) is 21.8 Å². The molecule has 1 unspecified atom stereocenters. The summed E-state index contributed by atoms with van der Waals surface area (Å²) in [4.78, 5) is 12.2. The van der Waals surface area contributed by atoms with E-state index in [1.54, 1.807) is 6.07 Å². The Morgan fingerprint density at radius 1 is 1.42 bits per heavy atom. The van der Waals surface area contributed by atoms with Crippen LogP contribution in [0.3, 0.4) is 0 Å². The molecule has 0 radical (unpaired) electrons. The Labute approximate surface area is 130 Å². The van der Waals surface area contributed by atoms with Gasteiger partial charge in [-0.05, 0) is 39.9 Å². The maximum atomic E-state index is 13.4. The van der Waals surface area contributed by atoms with Crippen LogP contribution in [0.4, 0.5) is 4.39 Å². The van der Waals surface area contributed by atoms with Crippen molar-refractivity contribution in [2.24, 2.45) is 5.41 Å². The molecule has 5 heteroatoms. The third-order valence-electron chi connectivity index (χ3n) is 2.94. The fourth-order valence-electron chi connectivity index (χ4n) is 1.75. The lowest BCUT2D eigenvalue weighted by molar-refractivity contribution is 0.0899. The fraction of sp³-hybridized carbons (Fsp3) is 0.500. The molecule has 0 aliphatic rings. The molecule has 0 spiro atoms. The molecule has 1 aromatic carbocycles. The highest BCUT2D eigenvalue weighted by atomic mass is 79.9. The second-order valence-electron chi connectivity index (χ2n) is 5.47. The van der Waals surface area contributed by atoms with Crippen molar-refractivity contribution in [3.05, 3.63) is 34.1 Å². The molecule has 19 heavy (non-hydrogen) atoms. The Bertz CT molecular complexity index is 457. The van der Waals surface area contributed by atoms with Gasteiger partial charge in [0.1, 0.15) is 5.82 Å². The second-order valence-corrected chi connectivity index (χ2v) is 7.06. The van der Waals surface area contributed by atoms with Gasteiger partial charge >= 0.3 is 0 Å². The molecule has 1 amide bonds. The summed E-state index contributed by atoms with van der Waals surface area (Å²) in [5.74, 6) is -0.687. The Morgan fingerprint density at radius 2 is 2.05 bits per heavy atom. The molecule has 1 aromatic rings. The number of benzene rings is 1. The van der Waals surface area contributed by atoms with E-state index in [0.717, 1.165) is 11.8 Å². The maximum Gasteiger partial charge on any atom is 0.252 e. The molecule has 0 saturated heterocycles. The van der Waals surface area contributed by atoms with E-state index in [0.29, 0.717) is 5.56 Å². The summed E-state index contributed by atoms with van der Waals surface area (Å²) < 4.78 is 13.6. The molecular formula is C14H18Br2FNO. The Hall–Kier alpha value is -0.420. The van der Waals surface area contributed by atoms with Gasteiger partial charge in [-0.15, -0.1) is 0 Å². The second kappa shape index (κ2) is 6.84. The minimum atomic E-state index is -0.430. The number of carbonyl (C=O) groups excluding carboxylic acids is 1. The summed E-state index contributed by atoms with van der Waals surface area (Å²) in [6, 6.07) is 4.48. The van der Waals surface area contributed by atoms with Crippen LogP contribution in [-0.2, 0) is 0 Å². The summed E-state index contributed by atoms with van der Waals surface area (Å²) in [7, 11) is 0. The Morgan fingerprint density at radius 3 is 2.58 bits per heavy atom. The molecule has 0 aliphatic carbocycles. The first-order chi connectivity index (χ1) is 8.77. The van der Waals surface area contributed by atoms with E-state index in [4.69, 9.17) is 0 Å². The first-order valence-electron chi connectivity index (χ1n) is 6.08.